The van der Waals surface area contributed by atoms with Gasteiger partial charge in [0, 0.05) is 41.2 Å². The van der Waals surface area contributed by atoms with Crippen LogP contribution in [0.5, 0.6) is 0 Å². The van der Waals surface area contributed by atoms with Gasteiger partial charge in [-0.2, -0.15) is 0 Å². The number of thiazole rings is 1. The van der Waals surface area contributed by atoms with Crippen molar-refractivity contribution in [2.24, 2.45) is 7.05 Å². The van der Waals surface area contributed by atoms with Crippen molar-refractivity contribution in [1.82, 2.24) is 19.5 Å². The first-order valence-electron chi connectivity index (χ1n) is 10.3. The molecule has 5 rings (SSSR count). The maximum absolute atomic E-state index is 13.9. The van der Waals surface area contributed by atoms with Crippen molar-refractivity contribution in [1.29, 1.82) is 0 Å². The summed E-state index contributed by atoms with van der Waals surface area (Å²) in [6.45, 7) is 0. The summed E-state index contributed by atoms with van der Waals surface area (Å²) in [6.07, 6.45) is 6.86. The number of carbonyl (C=O) groups excluding carboxylic acids is 1. The lowest BCUT2D eigenvalue weighted by atomic mass is 10.0. The van der Waals surface area contributed by atoms with Crippen LogP contribution < -0.4 is 5.32 Å². The molecule has 35 heavy (non-hydrogen) atoms. The summed E-state index contributed by atoms with van der Waals surface area (Å²) in [7, 11) is 1.92. The zero-order chi connectivity index (χ0) is 24.5. The Labute approximate surface area is 207 Å². The number of aromatic nitrogens is 4. The van der Waals surface area contributed by atoms with Crippen LogP contribution in [0.3, 0.4) is 0 Å². The van der Waals surface area contributed by atoms with E-state index in [4.69, 9.17) is 11.6 Å². The fraction of sp³-hybridized carbons (Fsp3) is 0.0400. The lowest BCUT2D eigenvalue weighted by Crippen LogP contribution is -2.16. The minimum Gasteiger partial charge on any atom is -0.333 e. The number of benzene rings is 2. The van der Waals surface area contributed by atoms with Crippen molar-refractivity contribution in [2.45, 2.75) is 0 Å². The van der Waals surface area contributed by atoms with Crippen LogP contribution in [0.2, 0.25) is 5.02 Å². The molecule has 0 saturated heterocycles. The van der Waals surface area contributed by atoms with Crippen LogP contribution in [0, 0.1) is 11.6 Å². The van der Waals surface area contributed by atoms with Gasteiger partial charge in [0.2, 0.25) is 0 Å². The lowest BCUT2D eigenvalue weighted by molar-refractivity contribution is 0.101. The summed E-state index contributed by atoms with van der Waals surface area (Å²) in [5, 5.41) is 3.75. The molecule has 2 aromatic carbocycles. The van der Waals surface area contributed by atoms with Gasteiger partial charge in [0.05, 0.1) is 23.1 Å². The van der Waals surface area contributed by atoms with Crippen molar-refractivity contribution >= 4 is 34.7 Å². The summed E-state index contributed by atoms with van der Waals surface area (Å²) in [5.41, 5.74) is 2.63. The molecular weight excluding hydrogens is 492 g/mol. The number of aryl methyl sites for hydroxylation is 1. The highest BCUT2D eigenvalue weighted by molar-refractivity contribution is 7.18. The van der Waals surface area contributed by atoms with Crippen LogP contribution >= 0.6 is 22.9 Å². The number of anilines is 1. The minimum absolute atomic E-state index is 0.148. The lowest BCUT2D eigenvalue weighted by Gasteiger charge is -2.09. The molecule has 3 heterocycles. The molecule has 3 aromatic heterocycles. The van der Waals surface area contributed by atoms with Gasteiger partial charge in [-0.25, -0.2) is 23.7 Å². The highest BCUT2D eigenvalue weighted by Gasteiger charge is 2.18. The molecule has 0 aliphatic heterocycles. The molecular formula is C25H16ClF2N5OS. The average molecular weight is 508 g/mol. The Morgan fingerprint density at radius 2 is 1.77 bits per heavy atom. The van der Waals surface area contributed by atoms with Gasteiger partial charge in [0.1, 0.15) is 28.0 Å². The highest BCUT2D eigenvalue weighted by atomic mass is 35.5. The second-order valence-corrected chi connectivity index (χ2v) is 9.03. The zero-order valence-corrected chi connectivity index (χ0v) is 19.7. The van der Waals surface area contributed by atoms with E-state index in [2.05, 4.69) is 20.3 Å². The predicted octanol–water partition coefficient (Wildman–Crippen LogP) is 6.46. The third kappa shape index (κ3) is 4.55. The van der Waals surface area contributed by atoms with Gasteiger partial charge in [-0.05, 0) is 36.4 Å². The van der Waals surface area contributed by atoms with Crippen molar-refractivity contribution in [3.8, 4) is 32.3 Å². The van der Waals surface area contributed by atoms with E-state index in [-0.39, 0.29) is 5.82 Å². The summed E-state index contributed by atoms with van der Waals surface area (Å²) in [4.78, 5) is 26.2. The van der Waals surface area contributed by atoms with Crippen molar-refractivity contribution in [3.63, 3.8) is 0 Å². The number of hydrogen-bond acceptors (Lipinski definition) is 5. The minimum atomic E-state index is -0.948. The number of rotatable bonds is 5. The standard InChI is InChI=1S/C25H16ClF2N5OS/c1-33-13-29-11-20(33)21-12-31-25(35-21)14-5-7-17(26)16(9-14)15-6-8-22(30-10-15)32-24(34)23-18(27)3-2-4-19(23)28/h2-13H,1H3,(H,30,32,34). The largest absolute Gasteiger partial charge is 0.333 e. The highest BCUT2D eigenvalue weighted by Crippen LogP contribution is 2.36. The van der Waals surface area contributed by atoms with Crippen LogP contribution in [-0.2, 0) is 7.05 Å². The third-order valence-corrected chi connectivity index (χ3v) is 6.69. The first-order chi connectivity index (χ1) is 16.9. The fourth-order valence-electron chi connectivity index (χ4n) is 3.52. The second-order valence-electron chi connectivity index (χ2n) is 7.60. The molecule has 0 fully saturated rings. The van der Waals surface area contributed by atoms with E-state index in [1.54, 1.807) is 30.7 Å². The number of amides is 1. The van der Waals surface area contributed by atoms with E-state index in [0.717, 1.165) is 38.8 Å². The third-order valence-electron chi connectivity index (χ3n) is 5.29. The van der Waals surface area contributed by atoms with Crippen LogP contribution in [0.1, 0.15) is 10.4 Å². The Bertz CT molecular complexity index is 1530. The van der Waals surface area contributed by atoms with E-state index >= 15 is 0 Å². The molecule has 1 amide bonds. The molecule has 0 radical (unpaired) electrons. The summed E-state index contributed by atoms with van der Waals surface area (Å²) in [5.74, 6) is -2.67. The van der Waals surface area contributed by atoms with Crippen LogP contribution in [0.15, 0.2) is 73.4 Å². The smallest absolute Gasteiger partial charge is 0.262 e. The topological polar surface area (TPSA) is 72.7 Å². The van der Waals surface area contributed by atoms with Crippen LogP contribution in [-0.4, -0.2) is 25.4 Å². The SMILES string of the molecule is Cn1cncc1-c1cnc(-c2ccc(Cl)c(-c3ccc(NC(=O)c4c(F)cccc4F)nc3)c2)s1. The molecule has 0 bridgehead atoms. The molecule has 0 aliphatic rings. The molecule has 174 valence electrons. The fourth-order valence-corrected chi connectivity index (χ4v) is 4.71. The van der Waals surface area contributed by atoms with Gasteiger partial charge < -0.3 is 9.88 Å². The summed E-state index contributed by atoms with van der Waals surface area (Å²) >= 11 is 7.99. The second kappa shape index (κ2) is 9.36. The monoisotopic (exact) mass is 507 g/mol. The number of hydrogen-bond donors (Lipinski definition) is 1. The zero-order valence-electron chi connectivity index (χ0n) is 18.2. The van der Waals surface area contributed by atoms with Gasteiger partial charge in [0.15, 0.2) is 0 Å². The molecule has 6 nitrogen and oxygen atoms in total. The van der Waals surface area contributed by atoms with Gasteiger partial charge in [0.25, 0.3) is 5.91 Å². The molecule has 0 unspecified atom stereocenters. The first kappa shape index (κ1) is 22.8. The maximum atomic E-state index is 13.9. The van der Waals surface area contributed by atoms with E-state index in [9.17, 15) is 13.6 Å². The average Bonchev–Trinajstić information content (AvgIpc) is 3.49. The molecule has 1 N–H and O–H groups in total. The Morgan fingerprint density at radius 3 is 2.46 bits per heavy atom. The Morgan fingerprint density at radius 1 is 1.00 bits per heavy atom. The maximum Gasteiger partial charge on any atom is 0.262 e. The molecule has 5 aromatic rings. The number of nitrogens with one attached hydrogen (secondary N) is 1. The normalized spacial score (nSPS) is 11.0. The molecule has 0 spiro atoms. The molecule has 0 saturated carbocycles. The van der Waals surface area contributed by atoms with Crippen molar-refractivity contribution < 1.29 is 13.6 Å². The van der Waals surface area contributed by atoms with Crippen molar-refractivity contribution in [2.75, 3.05) is 5.32 Å². The molecule has 10 heteroatoms. The van der Waals surface area contributed by atoms with Crippen molar-refractivity contribution in [3.05, 3.63) is 95.7 Å². The first-order valence-corrected chi connectivity index (χ1v) is 11.5. The van der Waals surface area contributed by atoms with Gasteiger partial charge in [-0.3, -0.25) is 4.79 Å². The van der Waals surface area contributed by atoms with Crippen LogP contribution in [0.4, 0.5) is 14.6 Å². The van der Waals surface area contributed by atoms with Crippen LogP contribution in [0.25, 0.3) is 32.3 Å². The number of halogens is 3. The molecule has 0 atom stereocenters. The molecule has 0 aliphatic carbocycles. The quantitative estimate of drug-likeness (QED) is 0.296. The van der Waals surface area contributed by atoms with E-state index in [0.29, 0.717) is 10.6 Å². The summed E-state index contributed by atoms with van der Waals surface area (Å²) in [6, 6.07) is 12.1. The van der Waals surface area contributed by atoms with Gasteiger partial charge in [-0.15, -0.1) is 11.3 Å². The number of nitrogens with zero attached hydrogens (tertiary/aromatic N) is 4. The van der Waals surface area contributed by atoms with E-state index in [1.165, 1.54) is 23.6 Å². The predicted molar refractivity (Wildman–Crippen MR) is 132 cm³/mol. The van der Waals surface area contributed by atoms with Gasteiger partial charge in [-0.1, -0.05) is 23.7 Å². The Hall–Kier alpha value is -3.95. The van der Waals surface area contributed by atoms with E-state index < -0.39 is 23.1 Å². The Balaban J connectivity index is 1.39. The number of pyridine rings is 1. The van der Waals surface area contributed by atoms with Gasteiger partial charge >= 0.3 is 0 Å². The summed E-state index contributed by atoms with van der Waals surface area (Å²) < 4.78 is 29.7. The Kier molecular flexibility index (Phi) is 6.10. The number of carbonyl (C=O) groups is 1. The number of imidazole rings is 1. The van der Waals surface area contributed by atoms with E-state index in [1.807, 2.05) is 29.9 Å².